The van der Waals surface area contributed by atoms with Gasteiger partial charge in [-0.2, -0.15) is 0 Å². The van der Waals surface area contributed by atoms with Crippen molar-refractivity contribution in [1.29, 1.82) is 0 Å². The van der Waals surface area contributed by atoms with Gasteiger partial charge in [0, 0.05) is 43.8 Å². The van der Waals surface area contributed by atoms with Crippen molar-refractivity contribution in [3.8, 4) is 22.5 Å². The molecule has 1 heterocycles. The van der Waals surface area contributed by atoms with Gasteiger partial charge in [-0.1, -0.05) is 30.3 Å². The number of nitrogens with zero attached hydrogens (tertiary/aromatic N) is 2. The zero-order valence-corrected chi connectivity index (χ0v) is 17.2. The average molecular weight is 528 g/mol. The van der Waals surface area contributed by atoms with Crippen molar-refractivity contribution >= 4 is 0 Å². The van der Waals surface area contributed by atoms with Crippen LogP contribution >= 0.6 is 0 Å². The monoisotopic (exact) mass is 528 g/mol. The van der Waals surface area contributed by atoms with Gasteiger partial charge in [0.1, 0.15) is 0 Å². The zero-order chi connectivity index (χ0) is 18.1. The van der Waals surface area contributed by atoms with E-state index in [2.05, 4.69) is 16.0 Å². The van der Waals surface area contributed by atoms with Crippen molar-refractivity contribution < 1.29 is 30.3 Å². The SMILES string of the molecule is CC(O)CC(C)O.[Ir].[c-]1ccccc1-c1cnc(-c2ccccc2)cn1. The third-order valence-corrected chi connectivity index (χ3v) is 3.39. The Balaban J connectivity index is 0.000000366. The molecule has 3 rings (SSSR count). The van der Waals surface area contributed by atoms with Crippen LogP contribution in [0.15, 0.2) is 67.0 Å². The standard InChI is InChI=1S/C16H11N2.C5H12O2.Ir/c1-3-7-13(8-4-1)15-11-18-16(12-17-15)14-9-5-2-6-10-14;1-4(6)3-5(2)7;/h1-9,11-12H;4-7H,3H2,1-2H3;/q-1;;. The van der Waals surface area contributed by atoms with E-state index in [0.717, 1.165) is 22.5 Å². The molecule has 1 radical (unpaired) electrons. The van der Waals surface area contributed by atoms with Gasteiger partial charge in [0.25, 0.3) is 0 Å². The number of aliphatic hydroxyl groups is 2. The van der Waals surface area contributed by atoms with Crippen LogP contribution in [-0.2, 0) is 20.1 Å². The first-order valence-electron chi connectivity index (χ1n) is 8.27. The van der Waals surface area contributed by atoms with Gasteiger partial charge >= 0.3 is 0 Å². The molecule has 0 bridgehead atoms. The van der Waals surface area contributed by atoms with Gasteiger partial charge in [-0.15, -0.1) is 35.9 Å². The number of aromatic nitrogens is 2. The first-order valence-corrected chi connectivity index (χ1v) is 8.27. The largest absolute Gasteiger partial charge is 0.393 e. The van der Waals surface area contributed by atoms with Crippen LogP contribution < -0.4 is 0 Å². The van der Waals surface area contributed by atoms with E-state index >= 15 is 0 Å². The molecule has 0 fully saturated rings. The van der Waals surface area contributed by atoms with Crippen molar-refractivity contribution in [2.75, 3.05) is 0 Å². The van der Waals surface area contributed by atoms with Crippen LogP contribution in [0.1, 0.15) is 20.3 Å². The molecular formula is C21H23IrN2O2-. The fraction of sp³-hybridized carbons (Fsp3) is 0.238. The van der Waals surface area contributed by atoms with E-state index in [4.69, 9.17) is 10.2 Å². The second-order valence-corrected chi connectivity index (χ2v) is 5.86. The van der Waals surface area contributed by atoms with E-state index in [1.54, 1.807) is 26.2 Å². The summed E-state index contributed by atoms with van der Waals surface area (Å²) < 4.78 is 0. The summed E-state index contributed by atoms with van der Waals surface area (Å²) in [6.45, 7) is 3.32. The smallest absolute Gasteiger partial charge is 0.0866 e. The second kappa shape index (κ2) is 11.7. The summed E-state index contributed by atoms with van der Waals surface area (Å²) in [6.07, 6.45) is 3.31. The minimum absolute atomic E-state index is 0. The molecule has 139 valence electrons. The molecule has 26 heavy (non-hydrogen) atoms. The Morgan fingerprint density at radius 1 is 0.846 bits per heavy atom. The van der Waals surface area contributed by atoms with Crippen LogP contribution in [0.3, 0.4) is 0 Å². The van der Waals surface area contributed by atoms with Gasteiger partial charge in [0.2, 0.25) is 0 Å². The predicted molar refractivity (Wildman–Crippen MR) is 99.7 cm³/mol. The Morgan fingerprint density at radius 2 is 1.42 bits per heavy atom. The second-order valence-electron chi connectivity index (χ2n) is 5.86. The van der Waals surface area contributed by atoms with Gasteiger partial charge in [-0.05, 0) is 20.3 Å². The van der Waals surface area contributed by atoms with E-state index in [1.165, 1.54) is 0 Å². The Hall–Kier alpha value is -1.91. The quantitative estimate of drug-likeness (QED) is 0.508. The van der Waals surface area contributed by atoms with Crippen LogP contribution in [0, 0.1) is 6.07 Å². The Kier molecular flexibility index (Phi) is 9.92. The van der Waals surface area contributed by atoms with Gasteiger partial charge in [0.05, 0.1) is 17.9 Å². The molecule has 2 atom stereocenters. The van der Waals surface area contributed by atoms with Crippen LogP contribution in [-0.4, -0.2) is 32.4 Å². The summed E-state index contributed by atoms with van der Waals surface area (Å²) in [6, 6.07) is 20.9. The zero-order valence-electron chi connectivity index (χ0n) is 14.8. The van der Waals surface area contributed by atoms with Crippen LogP contribution in [0.25, 0.3) is 22.5 Å². The maximum atomic E-state index is 8.56. The van der Waals surface area contributed by atoms with Crippen molar-refractivity contribution in [2.24, 2.45) is 0 Å². The van der Waals surface area contributed by atoms with Crippen LogP contribution in [0.4, 0.5) is 0 Å². The number of hydrogen-bond donors (Lipinski definition) is 2. The number of aliphatic hydroxyl groups excluding tert-OH is 2. The summed E-state index contributed by atoms with van der Waals surface area (Å²) in [5.41, 5.74) is 3.77. The molecule has 2 aromatic carbocycles. The maximum absolute atomic E-state index is 8.56. The molecular weight excluding hydrogens is 504 g/mol. The Morgan fingerprint density at radius 3 is 1.88 bits per heavy atom. The summed E-state index contributed by atoms with van der Waals surface area (Å²) in [5, 5.41) is 17.1. The van der Waals surface area contributed by atoms with E-state index in [9.17, 15) is 0 Å². The first kappa shape index (κ1) is 22.1. The van der Waals surface area contributed by atoms with Crippen molar-refractivity contribution in [2.45, 2.75) is 32.5 Å². The fourth-order valence-electron chi connectivity index (χ4n) is 2.27. The van der Waals surface area contributed by atoms with E-state index in [1.807, 2.05) is 54.6 Å². The van der Waals surface area contributed by atoms with Gasteiger partial charge in [0.15, 0.2) is 0 Å². The molecule has 0 spiro atoms. The molecule has 0 aliphatic carbocycles. The summed E-state index contributed by atoms with van der Waals surface area (Å²) in [7, 11) is 0. The summed E-state index contributed by atoms with van der Waals surface area (Å²) >= 11 is 0. The number of rotatable bonds is 4. The van der Waals surface area contributed by atoms with Gasteiger partial charge in [-0.25, -0.2) is 0 Å². The first-order chi connectivity index (χ1) is 12.1. The van der Waals surface area contributed by atoms with Gasteiger partial charge < -0.3 is 15.2 Å². The molecule has 0 aliphatic heterocycles. The normalized spacial score (nSPS) is 12.2. The minimum atomic E-state index is -0.375. The molecule has 4 nitrogen and oxygen atoms in total. The topological polar surface area (TPSA) is 66.2 Å². The van der Waals surface area contributed by atoms with E-state index in [0.29, 0.717) is 6.42 Å². The third-order valence-electron chi connectivity index (χ3n) is 3.39. The maximum Gasteiger partial charge on any atom is 0.0866 e. The van der Waals surface area contributed by atoms with Crippen molar-refractivity contribution in [1.82, 2.24) is 9.97 Å². The molecule has 0 aliphatic rings. The molecule has 5 heteroatoms. The third kappa shape index (κ3) is 7.54. The van der Waals surface area contributed by atoms with Crippen molar-refractivity contribution in [3.05, 3.63) is 73.1 Å². The van der Waals surface area contributed by atoms with Crippen LogP contribution in [0.5, 0.6) is 0 Å². The number of benzene rings is 2. The van der Waals surface area contributed by atoms with Gasteiger partial charge in [-0.3, -0.25) is 4.98 Å². The molecule has 0 saturated heterocycles. The fourth-order valence-corrected chi connectivity index (χ4v) is 2.27. The molecule has 0 amide bonds. The summed E-state index contributed by atoms with van der Waals surface area (Å²) in [5.74, 6) is 0. The molecule has 0 saturated carbocycles. The predicted octanol–water partition coefficient (Wildman–Crippen LogP) is 3.75. The molecule has 1 aromatic heterocycles. The Labute approximate surface area is 168 Å². The number of hydrogen-bond acceptors (Lipinski definition) is 4. The minimum Gasteiger partial charge on any atom is -0.393 e. The van der Waals surface area contributed by atoms with Crippen LogP contribution in [0.2, 0.25) is 0 Å². The van der Waals surface area contributed by atoms with E-state index < -0.39 is 0 Å². The Bertz CT molecular complexity index is 668. The molecule has 3 aromatic rings. The van der Waals surface area contributed by atoms with Crippen molar-refractivity contribution in [3.63, 3.8) is 0 Å². The molecule has 2 N–H and O–H groups in total. The average Bonchev–Trinajstić information content (AvgIpc) is 2.63. The molecule has 2 unspecified atom stereocenters. The summed E-state index contributed by atoms with van der Waals surface area (Å²) in [4.78, 5) is 8.87. The van der Waals surface area contributed by atoms with E-state index in [-0.39, 0.29) is 32.3 Å².